The van der Waals surface area contributed by atoms with Gasteiger partial charge in [-0.15, -0.1) is 0 Å². The van der Waals surface area contributed by atoms with E-state index in [4.69, 9.17) is 16.6 Å². The summed E-state index contributed by atoms with van der Waals surface area (Å²) in [6, 6.07) is 9.65. The van der Waals surface area contributed by atoms with Crippen LogP contribution in [0.4, 0.5) is 0 Å². The molecular formula is C24H25ClN4O. The molecule has 1 amide bonds. The number of halogens is 1. The SMILES string of the molecule is Cc1c(C(=O)N2CCCCC2)ccc(Cl)c1Cc1nc2c(C)c(C#N)ccc2n1C. The second-order valence-electron chi connectivity index (χ2n) is 8.03. The van der Waals surface area contributed by atoms with Crippen LogP contribution < -0.4 is 0 Å². The molecule has 0 N–H and O–H groups in total. The zero-order valence-electron chi connectivity index (χ0n) is 17.6. The van der Waals surface area contributed by atoms with Gasteiger partial charge in [-0.05, 0) is 74.1 Å². The highest BCUT2D eigenvalue weighted by Gasteiger charge is 2.23. The number of aryl methyl sites for hydroxylation is 2. The summed E-state index contributed by atoms with van der Waals surface area (Å²) in [7, 11) is 1.97. The van der Waals surface area contributed by atoms with Crippen molar-refractivity contribution in [1.82, 2.24) is 14.5 Å². The summed E-state index contributed by atoms with van der Waals surface area (Å²) >= 11 is 6.57. The van der Waals surface area contributed by atoms with Crippen LogP contribution in [-0.4, -0.2) is 33.4 Å². The number of carbonyl (C=O) groups is 1. The quantitative estimate of drug-likeness (QED) is 0.603. The number of imidazole rings is 1. The molecule has 1 aromatic heterocycles. The molecule has 1 fully saturated rings. The Kier molecular flexibility index (Phi) is 5.53. The van der Waals surface area contributed by atoms with E-state index >= 15 is 0 Å². The van der Waals surface area contributed by atoms with Gasteiger partial charge in [-0.1, -0.05) is 11.6 Å². The number of rotatable bonds is 3. The molecule has 30 heavy (non-hydrogen) atoms. The van der Waals surface area contributed by atoms with Gasteiger partial charge in [0.2, 0.25) is 0 Å². The summed E-state index contributed by atoms with van der Waals surface area (Å²) in [5.74, 6) is 0.945. The van der Waals surface area contributed by atoms with Crippen molar-refractivity contribution in [2.75, 3.05) is 13.1 Å². The normalized spacial score (nSPS) is 14.2. The molecular weight excluding hydrogens is 396 g/mol. The number of hydrogen-bond donors (Lipinski definition) is 0. The Bertz CT molecular complexity index is 1180. The third-order valence-electron chi connectivity index (χ3n) is 6.27. The largest absolute Gasteiger partial charge is 0.339 e. The van der Waals surface area contributed by atoms with Crippen LogP contribution >= 0.6 is 11.6 Å². The van der Waals surface area contributed by atoms with Crippen LogP contribution in [0.15, 0.2) is 24.3 Å². The first kappa shape index (κ1) is 20.4. The van der Waals surface area contributed by atoms with Gasteiger partial charge in [-0.3, -0.25) is 4.79 Å². The van der Waals surface area contributed by atoms with Gasteiger partial charge in [0.15, 0.2) is 0 Å². The topological polar surface area (TPSA) is 61.9 Å². The van der Waals surface area contributed by atoms with Crippen LogP contribution in [0, 0.1) is 25.2 Å². The lowest BCUT2D eigenvalue weighted by Gasteiger charge is -2.27. The maximum absolute atomic E-state index is 13.1. The fraction of sp³-hybridized carbons (Fsp3) is 0.375. The average molecular weight is 421 g/mol. The molecule has 0 spiro atoms. The van der Waals surface area contributed by atoms with Crippen LogP contribution in [0.3, 0.4) is 0 Å². The van der Waals surface area contributed by atoms with Gasteiger partial charge in [0, 0.05) is 37.1 Å². The smallest absolute Gasteiger partial charge is 0.254 e. The lowest BCUT2D eigenvalue weighted by Crippen LogP contribution is -2.36. The third kappa shape index (κ3) is 3.46. The predicted octanol–water partition coefficient (Wildman–Crippen LogP) is 4.93. The van der Waals surface area contributed by atoms with Gasteiger partial charge in [-0.25, -0.2) is 4.98 Å². The van der Waals surface area contributed by atoms with Crippen LogP contribution in [0.1, 0.15) is 57.7 Å². The molecule has 0 radical (unpaired) electrons. The van der Waals surface area contributed by atoms with E-state index in [2.05, 4.69) is 6.07 Å². The molecule has 3 aromatic rings. The lowest BCUT2D eigenvalue weighted by molar-refractivity contribution is 0.0723. The first-order valence-corrected chi connectivity index (χ1v) is 10.7. The van der Waals surface area contributed by atoms with Gasteiger partial charge in [-0.2, -0.15) is 5.26 Å². The lowest BCUT2D eigenvalue weighted by atomic mass is 9.98. The Balaban J connectivity index is 1.73. The maximum Gasteiger partial charge on any atom is 0.254 e. The Hall–Kier alpha value is -2.84. The molecule has 0 atom stereocenters. The van der Waals surface area contributed by atoms with E-state index in [9.17, 15) is 10.1 Å². The standard InChI is InChI=1S/C24H25ClN4O/c1-15-17(14-26)7-10-21-23(15)27-22(28(21)3)13-19-16(2)18(8-9-20(19)25)24(30)29-11-5-4-6-12-29/h7-10H,4-6,11-13H2,1-3H3. The minimum Gasteiger partial charge on any atom is -0.339 e. The summed E-state index contributed by atoms with van der Waals surface area (Å²) < 4.78 is 2.04. The summed E-state index contributed by atoms with van der Waals surface area (Å²) in [4.78, 5) is 19.9. The predicted molar refractivity (Wildman–Crippen MR) is 119 cm³/mol. The number of nitrogens with zero attached hydrogens (tertiary/aromatic N) is 4. The third-order valence-corrected chi connectivity index (χ3v) is 6.62. The van der Waals surface area contributed by atoms with Gasteiger partial charge >= 0.3 is 0 Å². The number of nitriles is 1. The Morgan fingerprint density at radius 2 is 1.87 bits per heavy atom. The van der Waals surface area contributed by atoms with Gasteiger partial charge in [0.1, 0.15) is 5.82 Å². The molecule has 0 saturated carbocycles. The molecule has 1 aliphatic heterocycles. The first-order chi connectivity index (χ1) is 14.4. The Morgan fingerprint density at radius 3 is 2.57 bits per heavy atom. The van der Waals surface area contributed by atoms with Crippen LogP contribution in [0.5, 0.6) is 0 Å². The van der Waals surface area contributed by atoms with Gasteiger partial charge < -0.3 is 9.47 Å². The van der Waals surface area contributed by atoms with Crippen LogP contribution in [0.25, 0.3) is 11.0 Å². The van der Waals surface area contributed by atoms with E-state index in [1.54, 1.807) is 0 Å². The number of amides is 1. The van der Waals surface area contributed by atoms with Crippen molar-refractivity contribution in [3.8, 4) is 6.07 Å². The van der Waals surface area contributed by atoms with Crippen molar-refractivity contribution in [1.29, 1.82) is 5.26 Å². The molecule has 0 bridgehead atoms. The zero-order valence-corrected chi connectivity index (χ0v) is 18.4. The summed E-state index contributed by atoms with van der Waals surface area (Å²) in [6.45, 7) is 5.54. The molecule has 5 nitrogen and oxygen atoms in total. The monoisotopic (exact) mass is 420 g/mol. The van der Waals surface area contributed by atoms with E-state index < -0.39 is 0 Å². The molecule has 2 heterocycles. The van der Waals surface area contributed by atoms with E-state index in [-0.39, 0.29) is 5.91 Å². The molecule has 2 aromatic carbocycles. The summed E-state index contributed by atoms with van der Waals surface area (Å²) in [5.41, 5.74) is 5.90. The molecule has 1 aliphatic rings. The van der Waals surface area contributed by atoms with Crippen molar-refractivity contribution in [2.45, 2.75) is 39.5 Å². The molecule has 154 valence electrons. The highest BCUT2D eigenvalue weighted by atomic mass is 35.5. The Labute approximate surface area is 181 Å². The Morgan fingerprint density at radius 1 is 1.13 bits per heavy atom. The van der Waals surface area contributed by atoms with E-state index in [0.717, 1.165) is 65.0 Å². The number of carbonyl (C=O) groups excluding carboxylic acids is 1. The van der Waals surface area contributed by atoms with Crippen molar-refractivity contribution >= 4 is 28.5 Å². The van der Waals surface area contributed by atoms with Crippen LogP contribution in [-0.2, 0) is 13.5 Å². The molecule has 6 heteroatoms. The van der Waals surface area contributed by atoms with Crippen molar-refractivity contribution in [2.24, 2.45) is 7.05 Å². The number of piperidine rings is 1. The summed E-state index contributed by atoms with van der Waals surface area (Å²) in [5, 5.41) is 9.96. The van der Waals surface area contributed by atoms with Crippen molar-refractivity contribution < 1.29 is 4.79 Å². The number of fused-ring (bicyclic) bond motifs is 1. The molecule has 0 unspecified atom stereocenters. The second-order valence-corrected chi connectivity index (χ2v) is 8.44. The maximum atomic E-state index is 13.1. The highest BCUT2D eigenvalue weighted by Crippen LogP contribution is 2.29. The van der Waals surface area contributed by atoms with E-state index in [1.807, 2.05) is 54.6 Å². The second kappa shape index (κ2) is 8.12. The van der Waals surface area contributed by atoms with E-state index in [0.29, 0.717) is 17.0 Å². The van der Waals surface area contributed by atoms with E-state index in [1.165, 1.54) is 6.42 Å². The van der Waals surface area contributed by atoms with Crippen molar-refractivity contribution in [3.05, 3.63) is 62.9 Å². The minimum absolute atomic E-state index is 0.0876. The number of hydrogen-bond acceptors (Lipinski definition) is 3. The molecule has 4 rings (SSSR count). The minimum atomic E-state index is 0.0876. The number of benzene rings is 2. The fourth-order valence-corrected chi connectivity index (χ4v) is 4.59. The fourth-order valence-electron chi connectivity index (χ4n) is 4.32. The number of likely N-dealkylation sites (tertiary alicyclic amines) is 1. The zero-order chi connectivity index (χ0) is 21.4. The molecule has 1 saturated heterocycles. The van der Waals surface area contributed by atoms with Crippen molar-refractivity contribution in [3.63, 3.8) is 0 Å². The average Bonchev–Trinajstić information content (AvgIpc) is 3.08. The van der Waals surface area contributed by atoms with Gasteiger partial charge in [0.25, 0.3) is 5.91 Å². The van der Waals surface area contributed by atoms with Crippen LogP contribution in [0.2, 0.25) is 5.02 Å². The summed E-state index contributed by atoms with van der Waals surface area (Å²) in [6.07, 6.45) is 3.84. The first-order valence-electron chi connectivity index (χ1n) is 10.3. The highest BCUT2D eigenvalue weighted by molar-refractivity contribution is 6.31. The number of aromatic nitrogens is 2. The van der Waals surface area contributed by atoms with Gasteiger partial charge in [0.05, 0.1) is 22.7 Å². The molecule has 0 aliphatic carbocycles.